The summed E-state index contributed by atoms with van der Waals surface area (Å²) in [4.78, 5) is 11.2. The number of rotatable bonds is 6. The molecule has 1 fully saturated rings. The molecule has 1 atom stereocenters. The van der Waals surface area contributed by atoms with Gasteiger partial charge in [0.05, 0.1) is 6.54 Å². The Kier molecular flexibility index (Phi) is 4.59. The van der Waals surface area contributed by atoms with Gasteiger partial charge in [-0.3, -0.25) is 4.79 Å². The van der Waals surface area contributed by atoms with Crippen molar-refractivity contribution in [3.05, 3.63) is 0 Å². The number of hydrogen-bond donors (Lipinski definition) is 2. The Balaban J connectivity index is 1.96. The van der Waals surface area contributed by atoms with E-state index in [1.807, 2.05) is 0 Å². The highest BCUT2D eigenvalue weighted by Crippen LogP contribution is 2.17. The summed E-state index contributed by atoms with van der Waals surface area (Å²) >= 11 is 1.77. The SMILES string of the molecule is CSC(C)CNC(=O)CNC1CC1. The van der Waals surface area contributed by atoms with Crippen LogP contribution in [-0.2, 0) is 4.79 Å². The minimum atomic E-state index is 0.118. The lowest BCUT2D eigenvalue weighted by atomic mass is 10.4. The molecule has 0 spiro atoms. The molecule has 1 aliphatic carbocycles. The van der Waals surface area contributed by atoms with E-state index in [1.54, 1.807) is 11.8 Å². The standard InChI is InChI=1S/C9H18N2OS/c1-7(13-2)5-11-9(12)6-10-8-3-4-8/h7-8,10H,3-6H2,1-2H3,(H,11,12). The van der Waals surface area contributed by atoms with Crippen molar-refractivity contribution in [2.75, 3.05) is 19.3 Å². The third-order valence-corrected chi connectivity index (χ3v) is 3.09. The lowest BCUT2D eigenvalue weighted by Crippen LogP contribution is -2.37. The van der Waals surface area contributed by atoms with Gasteiger partial charge in [-0.15, -0.1) is 0 Å². The summed E-state index contributed by atoms with van der Waals surface area (Å²) in [5.41, 5.74) is 0. The second-order valence-corrected chi connectivity index (χ2v) is 4.78. The molecule has 0 heterocycles. The van der Waals surface area contributed by atoms with E-state index in [0.29, 0.717) is 17.8 Å². The molecule has 0 aromatic heterocycles. The highest BCUT2D eigenvalue weighted by atomic mass is 32.2. The zero-order valence-electron chi connectivity index (χ0n) is 8.30. The molecule has 0 bridgehead atoms. The molecule has 0 aromatic rings. The van der Waals surface area contributed by atoms with Crippen LogP contribution in [-0.4, -0.2) is 36.5 Å². The first-order valence-electron chi connectivity index (χ1n) is 4.75. The van der Waals surface area contributed by atoms with E-state index in [0.717, 1.165) is 6.54 Å². The van der Waals surface area contributed by atoms with Crippen LogP contribution in [0.2, 0.25) is 0 Å². The van der Waals surface area contributed by atoms with Gasteiger partial charge >= 0.3 is 0 Å². The second-order valence-electron chi connectivity index (χ2n) is 3.51. The Labute approximate surface area is 84.0 Å². The first-order chi connectivity index (χ1) is 6.22. The Hall–Kier alpha value is -0.220. The summed E-state index contributed by atoms with van der Waals surface area (Å²) in [6.45, 7) is 3.36. The summed E-state index contributed by atoms with van der Waals surface area (Å²) in [7, 11) is 0. The molecule has 0 saturated heterocycles. The first-order valence-corrected chi connectivity index (χ1v) is 6.04. The number of hydrogen-bond acceptors (Lipinski definition) is 3. The first kappa shape index (κ1) is 10.9. The summed E-state index contributed by atoms with van der Waals surface area (Å²) in [5, 5.41) is 6.58. The van der Waals surface area contributed by atoms with Gasteiger partial charge in [-0.2, -0.15) is 11.8 Å². The van der Waals surface area contributed by atoms with Crippen molar-refractivity contribution in [1.82, 2.24) is 10.6 Å². The van der Waals surface area contributed by atoms with Crippen molar-refractivity contribution in [3.63, 3.8) is 0 Å². The molecule has 2 N–H and O–H groups in total. The largest absolute Gasteiger partial charge is 0.354 e. The fourth-order valence-electron chi connectivity index (χ4n) is 0.928. The highest BCUT2D eigenvalue weighted by Gasteiger charge is 2.20. The normalized spacial score (nSPS) is 18.3. The van der Waals surface area contributed by atoms with E-state index in [9.17, 15) is 4.79 Å². The Morgan fingerprint density at radius 2 is 2.31 bits per heavy atom. The van der Waals surface area contributed by atoms with Crippen molar-refractivity contribution >= 4 is 17.7 Å². The molecule has 0 aliphatic heterocycles. The molecule has 1 aliphatic rings. The summed E-state index contributed by atoms with van der Waals surface area (Å²) in [6, 6.07) is 0.615. The van der Waals surface area contributed by atoms with Gasteiger partial charge in [0.2, 0.25) is 5.91 Å². The minimum Gasteiger partial charge on any atom is -0.354 e. The van der Waals surface area contributed by atoms with Gasteiger partial charge in [0.15, 0.2) is 0 Å². The van der Waals surface area contributed by atoms with Gasteiger partial charge < -0.3 is 10.6 Å². The number of nitrogens with one attached hydrogen (secondary N) is 2. The molecular weight excluding hydrogens is 184 g/mol. The van der Waals surface area contributed by atoms with Crippen molar-refractivity contribution < 1.29 is 4.79 Å². The highest BCUT2D eigenvalue weighted by molar-refractivity contribution is 7.99. The zero-order chi connectivity index (χ0) is 9.68. The Bertz CT molecular complexity index is 171. The predicted molar refractivity (Wildman–Crippen MR) is 57.0 cm³/mol. The molecule has 1 amide bonds. The van der Waals surface area contributed by atoms with Crippen molar-refractivity contribution in [2.24, 2.45) is 0 Å². The van der Waals surface area contributed by atoms with Gasteiger partial charge in [-0.25, -0.2) is 0 Å². The minimum absolute atomic E-state index is 0.118. The number of thioether (sulfide) groups is 1. The van der Waals surface area contributed by atoms with Gasteiger partial charge in [0.1, 0.15) is 0 Å². The maximum atomic E-state index is 11.2. The molecule has 4 heteroatoms. The van der Waals surface area contributed by atoms with Crippen LogP contribution in [0.1, 0.15) is 19.8 Å². The van der Waals surface area contributed by atoms with Crippen LogP contribution in [0.4, 0.5) is 0 Å². The van der Waals surface area contributed by atoms with Crippen LogP contribution in [0.25, 0.3) is 0 Å². The van der Waals surface area contributed by atoms with E-state index in [-0.39, 0.29) is 5.91 Å². The number of amides is 1. The molecule has 76 valence electrons. The predicted octanol–water partition coefficient (Wildman–Crippen LogP) is 0.606. The molecule has 13 heavy (non-hydrogen) atoms. The molecule has 1 rings (SSSR count). The molecule has 1 unspecified atom stereocenters. The van der Waals surface area contributed by atoms with Crippen LogP contribution in [0.3, 0.4) is 0 Å². The van der Waals surface area contributed by atoms with E-state index in [4.69, 9.17) is 0 Å². The monoisotopic (exact) mass is 202 g/mol. The third kappa shape index (κ3) is 5.16. The quantitative estimate of drug-likeness (QED) is 0.663. The molecule has 0 aromatic carbocycles. The lowest BCUT2D eigenvalue weighted by molar-refractivity contribution is -0.120. The summed E-state index contributed by atoms with van der Waals surface area (Å²) in [6.07, 6.45) is 4.52. The molecule has 0 radical (unpaired) electrons. The average Bonchev–Trinajstić information content (AvgIpc) is 2.94. The summed E-state index contributed by atoms with van der Waals surface area (Å²) in [5.74, 6) is 0.118. The van der Waals surface area contributed by atoms with Crippen molar-refractivity contribution in [3.8, 4) is 0 Å². The third-order valence-electron chi connectivity index (χ3n) is 2.12. The van der Waals surface area contributed by atoms with E-state index < -0.39 is 0 Å². The van der Waals surface area contributed by atoms with Crippen LogP contribution in [0.15, 0.2) is 0 Å². The fourth-order valence-corrected chi connectivity index (χ4v) is 1.18. The molecular formula is C9H18N2OS. The maximum absolute atomic E-state index is 11.2. The van der Waals surface area contributed by atoms with Crippen LogP contribution >= 0.6 is 11.8 Å². The van der Waals surface area contributed by atoms with Gasteiger partial charge in [0.25, 0.3) is 0 Å². The maximum Gasteiger partial charge on any atom is 0.234 e. The van der Waals surface area contributed by atoms with Gasteiger partial charge in [-0.05, 0) is 19.1 Å². The van der Waals surface area contributed by atoms with Crippen molar-refractivity contribution in [1.29, 1.82) is 0 Å². The molecule has 1 saturated carbocycles. The van der Waals surface area contributed by atoms with Gasteiger partial charge in [-0.1, -0.05) is 6.92 Å². The summed E-state index contributed by atoms with van der Waals surface area (Å²) < 4.78 is 0. The topological polar surface area (TPSA) is 41.1 Å². The average molecular weight is 202 g/mol. The fraction of sp³-hybridized carbons (Fsp3) is 0.889. The number of carbonyl (C=O) groups excluding carboxylic acids is 1. The van der Waals surface area contributed by atoms with Gasteiger partial charge in [0, 0.05) is 17.8 Å². The molecule has 3 nitrogen and oxygen atoms in total. The number of carbonyl (C=O) groups is 1. The Morgan fingerprint density at radius 3 is 2.85 bits per heavy atom. The van der Waals surface area contributed by atoms with Crippen LogP contribution in [0.5, 0.6) is 0 Å². The van der Waals surface area contributed by atoms with Crippen molar-refractivity contribution in [2.45, 2.75) is 31.1 Å². The lowest BCUT2D eigenvalue weighted by Gasteiger charge is -2.09. The van der Waals surface area contributed by atoms with E-state index in [2.05, 4.69) is 23.8 Å². The van der Waals surface area contributed by atoms with E-state index >= 15 is 0 Å². The smallest absolute Gasteiger partial charge is 0.234 e. The van der Waals surface area contributed by atoms with Crippen LogP contribution < -0.4 is 10.6 Å². The van der Waals surface area contributed by atoms with Crippen LogP contribution in [0, 0.1) is 0 Å². The Morgan fingerprint density at radius 1 is 1.62 bits per heavy atom. The second kappa shape index (κ2) is 5.50. The zero-order valence-corrected chi connectivity index (χ0v) is 9.12. The van der Waals surface area contributed by atoms with E-state index in [1.165, 1.54) is 12.8 Å².